The van der Waals surface area contributed by atoms with Crippen LogP contribution in [0.25, 0.3) is 0 Å². The lowest BCUT2D eigenvalue weighted by Gasteiger charge is -2.03. The van der Waals surface area contributed by atoms with Crippen LogP contribution in [0.15, 0.2) is 24.3 Å². The van der Waals surface area contributed by atoms with E-state index in [0.717, 1.165) is 12.0 Å². The zero-order chi connectivity index (χ0) is 9.68. The molecule has 0 aliphatic heterocycles. The fraction of sp³-hybridized carbons (Fsp3) is 0.400. The van der Waals surface area contributed by atoms with Crippen LogP contribution in [0.3, 0.4) is 0 Å². The van der Waals surface area contributed by atoms with E-state index in [-0.39, 0.29) is 0 Å². The van der Waals surface area contributed by atoms with E-state index in [0.29, 0.717) is 12.2 Å². The number of rotatable bonds is 4. The molecule has 3 heteroatoms. The highest BCUT2D eigenvalue weighted by molar-refractivity contribution is 5.23. The van der Waals surface area contributed by atoms with E-state index < -0.39 is 6.17 Å². The van der Waals surface area contributed by atoms with Gasteiger partial charge in [-0.3, -0.25) is 0 Å². The van der Waals surface area contributed by atoms with Crippen molar-refractivity contribution in [2.75, 3.05) is 6.61 Å². The van der Waals surface area contributed by atoms with E-state index in [2.05, 4.69) is 4.84 Å². The van der Waals surface area contributed by atoms with Gasteiger partial charge in [-0.05, 0) is 24.5 Å². The summed E-state index contributed by atoms with van der Waals surface area (Å²) in [6, 6.07) is 7.36. The molecule has 1 aromatic carbocycles. The fourth-order valence-electron chi connectivity index (χ4n) is 1.13. The Hall–Kier alpha value is -0.930. The summed E-state index contributed by atoms with van der Waals surface area (Å²) in [6.07, 6.45) is -0.142. The number of benzene rings is 1. The summed E-state index contributed by atoms with van der Waals surface area (Å²) < 4.78 is 12.8. The second-order valence-electron chi connectivity index (χ2n) is 2.98. The molecule has 0 saturated carbocycles. The van der Waals surface area contributed by atoms with Gasteiger partial charge in [0.05, 0.1) is 6.61 Å². The topological polar surface area (TPSA) is 35.2 Å². The zero-order valence-corrected chi connectivity index (χ0v) is 7.66. The molecule has 0 fully saturated rings. The molecule has 2 N–H and O–H groups in total. The minimum atomic E-state index is -0.903. The highest BCUT2D eigenvalue weighted by Gasteiger charge is 2.01. The van der Waals surface area contributed by atoms with E-state index >= 15 is 0 Å². The van der Waals surface area contributed by atoms with Crippen LogP contribution in [0.1, 0.15) is 24.2 Å². The summed E-state index contributed by atoms with van der Waals surface area (Å²) in [5.74, 6) is 4.89. The van der Waals surface area contributed by atoms with Gasteiger partial charge in [0.25, 0.3) is 0 Å². The van der Waals surface area contributed by atoms with Gasteiger partial charge in [-0.25, -0.2) is 10.3 Å². The Morgan fingerprint density at radius 1 is 1.38 bits per heavy atom. The maximum atomic E-state index is 12.8. The third kappa shape index (κ3) is 3.13. The maximum absolute atomic E-state index is 12.8. The molecule has 72 valence electrons. The molecular weight excluding hydrogens is 169 g/mol. The molecule has 0 amide bonds. The second-order valence-corrected chi connectivity index (χ2v) is 2.98. The largest absolute Gasteiger partial charge is 0.304 e. The van der Waals surface area contributed by atoms with Crippen LogP contribution >= 0.6 is 0 Å². The van der Waals surface area contributed by atoms with Crippen LogP contribution < -0.4 is 5.90 Å². The fourth-order valence-corrected chi connectivity index (χ4v) is 1.13. The van der Waals surface area contributed by atoms with Crippen molar-refractivity contribution in [1.29, 1.82) is 0 Å². The van der Waals surface area contributed by atoms with Crippen LogP contribution in [0.2, 0.25) is 0 Å². The first-order valence-corrected chi connectivity index (χ1v) is 4.28. The highest BCUT2D eigenvalue weighted by Crippen LogP contribution is 2.16. The lowest BCUT2D eigenvalue weighted by molar-refractivity contribution is 0.141. The molecule has 1 aromatic rings. The number of hydrogen-bond acceptors (Lipinski definition) is 2. The van der Waals surface area contributed by atoms with Crippen molar-refractivity contribution in [2.24, 2.45) is 5.90 Å². The lowest BCUT2D eigenvalue weighted by atomic mass is 10.1. The van der Waals surface area contributed by atoms with Gasteiger partial charge in [-0.15, -0.1) is 0 Å². The summed E-state index contributed by atoms with van der Waals surface area (Å²) in [6.45, 7) is 2.02. The first-order chi connectivity index (χ1) is 6.24. The van der Waals surface area contributed by atoms with Gasteiger partial charge in [-0.2, -0.15) is 0 Å². The van der Waals surface area contributed by atoms with E-state index in [1.165, 1.54) is 6.92 Å². The van der Waals surface area contributed by atoms with Gasteiger partial charge in [0.1, 0.15) is 6.17 Å². The third-order valence-corrected chi connectivity index (χ3v) is 1.95. The molecule has 0 bridgehead atoms. The van der Waals surface area contributed by atoms with Crippen LogP contribution in [-0.4, -0.2) is 6.61 Å². The molecule has 13 heavy (non-hydrogen) atoms. The molecule has 0 radical (unpaired) electrons. The standard InChI is InChI=1S/C10H14FNO/c1-8(11)10-4-2-9(3-5-10)6-7-13-12/h2-5,8H,6-7,12H2,1H3. The molecule has 0 spiro atoms. The number of halogens is 1. The molecule has 0 saturated heterocycles. The first kappa shape index (κ1) is 10.2. The molecular formula is C10H14FNO. The smallest absolute Gasteiger partial charge is 0.122 e. The molecule has 0 aliphatic carbocycles. The van der Waals surface area contributed by atoms with Crippen molar-refractivity contribution >= 4 is 0 Å². The van der Waals surface area contributed by atoms with Crippen LogP contribution in [0.5, 0.6) is 0 Å². The normalized spacial score (nSPS) is 12.8. The molecule has 2 nitrogen and oxygen atoms in total. The van der Waals surface area contributed by atoms with Gasteiger partial charge in [-0.1, -0.05) is 24.3 Å². The molecule has 0 aromatic heterocycles. The highest BCUT2D eigenvalue weighted by atomic mass is 19.1. The van der Waals surface area contributed by atoms with E-state index in [1.54, 1.807) is 12.1 Å². The maximum Gasteiger partial charge on any atom is 0.122 e. The van der Waals surface area contributed by atoms with Gasteiger partial charge in [0.2, 0.25) is 0 Å². The van der Waals surface area contributed by atoms with Gasteiger partial charge in [0.15, 0.2) is 0 Å². The minimum absolute atomic E-state index is 0.491. The minimum Gasteiger partial charge on any atom is -0.304 e. The number of nitrogens with two attached hydrogens (primary N) is 1. The van der Waals surface area contributed by atoms with Crippen LogP contribution in [0.4, 0.5) is 4.39 Å². The predicted octanol–water partition coefficient (Wildman–Crippen LogP) is 2.15. The summed E-state index contributed by atoms with van der Waals surface area (Å²) in [7, 11) is 0. The zero-order valence-electron chi connectivity index (χ0n) is 7.66. The first-order valence-electron chi connectivity index (χ1n) is 4.28. The Labute approximate surface area is 77.5 Å². The average molecular weight is 183 g/mol. The van der Waals surface area contributed by atoms with Crippen molar-refractivity contribution in [3.8, 4) is 0 Å². The van der Waals surface area contributed by atoms with E-state index in [1.807, 2.05) is 12.1 Å². The molecule has 1 atom stereocenters. The predicted molar refractivity (Wildman–Crippen MR) is 49.8 cm³/mol. The summed E-state index contributed by atoms with van der Waals surface area (Å²) in [5, 5.41) is 0. The Balaban J connectivity index is 2.59. The summed E-state index contributed by atoms with van der Waals surface area (Å²) in [4.78, 5) is 4.45. The monoisotopic (exact) mass is 183 g/mol. The van der Waals surface area contributed by atoms with Crippen molar-refractivity contribution < 1.29 is 9.23 Å². The van der Waals surface area contributed by atoms with Crippen molar-refractivity contribution in [3.63, 3.8) is 0 Å². The Morgan fingerprint density at radius 3 is 2.46 bits per heavy atom. The molecule has 1 rings (SSSR count). The van der Waals surface area contributed by atoms with Crippen molar-refractivity contribution in [2.45, 2.75) is 19.5 Å². The van der Waals surface area contributed by atoms with Gasteiger partial charge >= 0.3 is 0 Å². The third-order valence-electron chi connectivity index (χ3n) is 1.95. The molecule has 1 unspecified atom stereocenters. The lowest BCUT2D eigenvalue weighted by Crippen LogP contribution is -2.03. The summed E-state index contributed by atoms with van der Waals surface area (Å²) >= 11 is 0. The number of alkyl halides is 1. The number of hydrogen-bond donors (Lipinski definition) is 1. The van der Waals surface area contributed by atoms with Gasteiger partial charge in [0, 0.05) is 0 Å². The Kier molecular flexibility index (Phi) is 3.86. The molecule has 0 aliphatic rings. The van der Waals surface area contributed by atoms with Crippen LogP contribution in [0, 0.1) is 0 Å². The van der Waals surface area contributed by atoms with Crippen molar-refractivity contribution in [1.82, 2.24) is 0 Å². The second kappa shape index (κ2) is 4.94. The van der Waals surface area contributed by atoms with E-state index in [9.17, 15) is 4.39 Å². The quantitative estimate of drug-likeness (QED) is 0.726. The van der Waals surface area contributed by atoms with E-state index in [4.69, 9.17) is 5.90 Å². The average Bonchev–Trinajstić information content (AvgIpc) is 2.15. The van der Waals surface area contributed by atoms with Crippen molar-refractivity contribution in [3.05, 3.63) is 35.4 Å². The summed E-state index contributed by atoms with van der Waals surface area (Å²) in [5.41, 5.74) is 1.81. The SMILES string of the molecule is CC(F)c1ccc(CCON)cc1. The Bertz CT molecular complexity index is 246. The van der Waals surface area contributed by atoms with Gasteiger partial charge < -0.3 is 4.84 Å². The molecule has 0 heterocycles. The van der Waals surface area contributed by atoms with Crippen LogP contribution in [-0.2, 0) is 11.3 Å². The Morgan fingerprint density at radius 2 is 2.00 bits per heavy atom.